The van der Waals surface area contributed by atoms with Crippen molar-refractivity contribution in [3.63, 3.8) is 0 Å². The summed E-state index contributed by atoms with van der Waals surface area (Å²) in [6, 6.07) is 17.0. The molecule has 0 fully saturated rings. The number of hydrogen-bond donors (Lipinski definition) is 2. The van der Waals surface area contributed by atoms with Crippen molar-refractivity contribution in [1.29, 1.82) is 0 Å². The van der Waals surface area contributed by atoms with Crippen molar-refractivity contribution in [3.05, 3.63) is 82.3 Å². The van der Waals surface area contributed by atoms with Gasteiger partial charge in [0.2, 0.25) is 10.9 Å². The van der Waals surface area contributed by atoms with Gasteiger partial charge in [-0.15, -0.1) is 11.3 Å². The number of aromatic nitrogens is 1. The first-order valence-corrected chi connectivity index (χ1v) is 13.7. The van der Waals surface area contributed by atoms with Gasteiger partial charge in [-0.25, -0.2) is 14.6 Å². The van der Waals surface area contributed by atoms with Crippen LogP contribution in [0.3, 0.4) is 0 Å². The van der Waals surface area contributed by atoms with Crippen LogP contribution < -0.4 is 15.4 Å². The highest BCUT2D eigenvalue weighted by molar-refractivity contribution is 7.11. The van der Waals surface area contributed by atoms with Gasteiger partial charge < -0.3 is 20.1 Å². The van der Waals surface area contributed by atoms with Gasteiger partial charge in [0.05, 0.1) is 11.7 Å². The number of rotatable bonds is 13. The molecule has 1 heterocycles. The molecular formula is C29H35N3O5S. The Morgan fingerprint density at radius 2 is 1.66 bits per heavy atom. The fourth-order valence-electron chi connectivity index (χ4n) is 3.76. The van der Waals surface area contributed by atoms with Crippen LogP contribution in [-0.4, -0.2) is 29.0 Å². The number of carbonyl (C=O) groups excluding carboxylic acids is 3. The number of nitrogens with one attached hydrogen (secondary N) is 2. The van der Waals surface area contributed by atoms with E-state index in [1.807, 2.05) is 50.2 Å². The lowest BCUT2D eigenvalue weighted by atomic mass is 10.0. The molecule has 0 aliphatic heterocycles. The Morgan fingerprint density at radius 3 is 2.32 bits per heavy atom. The van der Waals surface area contributed by atoms with Gasteiger partial charge in [0.15, 0.2) is 0 Å². The molecule has 0 bridgehead atoms. The summed E-state index contributed by atoms with van der Waals surface area (Å²) in [5.41, 5.74) is 1.45. The molecule has 0 saturated carbocycles. The van der Waals surface area contributed by atoms with E-state index in [1.54, 1.807) is 29.6 Å². The summed E-state index contributed by atoms with van der Waals surface area (Å²) in [6.45, 7) is 6.14. The standard InChI is InChI=1S/C29H35N3O5S/c1-4-5-16-23(25-19-38-27(31-25)28(34)37-22-14-10-7-11-15-22)30-26(33)24(17-20(2)3)32-29(35)36-18-21-12-8-6-9-13-21/h6-15,19-20,23-24H,4-5,16-18H2,1-3H3,(H,30,33)(H,32,35)/t23?,24-/m0/s1. The maximum atomic E-state index is 13.3. The highest BCUT2D eigenvalue weighted by Gasteiger charge is 2.27. The number of carbonyl (C=O) groups is 3. The number of amides is 2. The van der Waals surface area contributed by atoms with Crippen molar-refractivity contribution in [1.82, 2.24) is 15.6 Å². The molecule has 0 saturated heterocycles. The van der Waals surface area contributed by atoms with Crippen LogP contribution in [0.5, 0.6) is 5.75 Å². The van der Waals surface area contributed by atoms with Crippen LogP contribution in [0, 0.1) is 5.92 Å². The Bertz CT molecular complexity index is 1170. The second-order valence-electron chi connectivity index (χ2n) is 9.37. The number of unbranched alkanes of at least 4 members (excludes halogenated alkanes) is 1. The zero-order chi connectivity index (χ0) is 27.3. The van der Waals surface area contributed by atoms with Crippen molar-refractivity contribution < 1.29 is 23.9 Å². The number of nitrogens with zero attached hydrogens (tertiary/aromatic N) is 1. The lowest BCUT2D eigenvalue weighted by Gasteiger charge is -2.23. The van der Waals surface area contributed by atoms with Gasteiger partial charge in [0, 0.05) is 5.38 Å². The van der Waals surface area contributed by atoms with Crippen LogP contribution in [0.2, 0.25) is 0 Å². The van der Waals surface area contributed by atoms with Gasteiger partial charge in [-0.2, -0.15) is 0 Å². The zero-order valence-corrected chi connectivity index (χ0v) is 22.8. The average molecular weight is 538 g/mol. The Hall–Kier alpha value is -3.72. The molecule has 2 atom stereocenters. The molecule has 3 rings (SSSR count). The molecule has 0 aliphatic rings. The van der Waals surface area contributed by atoms with Crippen molar-refractivity contribution in [2.24, 2.45) is 5.92 Å². The van der Waals surface area contributed by atoms with Crippen LogP contribution in [0.4, 0.5) is 4.79 Å². The first-order valence-electron chi connectivity index (χ1n) is 12.9. The molecule has 2 aromatic carbocycles. The highest BCUT2D eigenvalue weighted by Crippen LogP contribution is 2.23. The second-order valence-corrected chi connectivity index (χ2v) is 10.2. The zero-order valence-electron chi connectivity index (χ0n) is 22.0. The fourth-order valence-corrected chi connectivity index (χ4v) is 4.51. The predicted octanol–water partition coefficient (Wildman–Crippen LogP) is 6.05. The molecule has 3 aromatic rings. The Kier molecular flexibility index (Phi) is 11.3. The van der Waals surface area contributed by atoms with Crippen LogP contribution in [0.1, 0.15) is 73.6 Å². The first-order chi connectivity index (χ1) is 18.4. The van der Waals surface area contributed by atoms with Gasteiger partial charge in [0.25, 0.3) is 0 Å². The number of hydrogen-bond acceptors (Lipinski definition) is 7. The van der Waals surface area contributed by atoms with E-state index in [4.69, 9.17) is 9.47 Å². The van der Waals surface area contributed by atoms with Crippen LogP contribution in [0.15, 0.2) is 66.0 Å². The summed E-state index contributed by atoms with van der Waals surface area (Å²) in [5.74, 6) is -0.272. The maximum Gasteiger partial charge on any atom is 0.408 e. The molecule has 38 heavy (non-hydrogen) atoms. The van der Waals surface area contributed by atoms with Crippen molar-refractivity contribution in [2.75, 3.05) is 0 Å². The monoisotopic (exact) mass is 537 g/mol. The number of thiazole rings is 1. The van der Waals surface area contributed by atoms with E-state index in [9.17, 15) is 14.4 Å². The molecule has 1 aromatic heterocycles. The van der Waals surface area contributed by atoms with E-state index in [0.717, 1.165) is 18.4 Å². The van der Waals surface area contributed by atoms with E-state index < -0.39 is 24.1 Å². The fraction of sp³-hybridized carbons (Fsp3) is 0.379. The summed E-state index contributed by atoms with van der Waals surface area (Å²) >= 11 is 1.17. The molecule has 0 radical (unpaired) electrons. The number of alkyl carbamates (subject to hydrolysis) is 1. The van der Waals surface area contributed by atoms with E-state index in [1.165, 1.54) is 11.3 Å². The molecule has 1 unspecified atom stereocenters. The lowest BCUT2D eigenvalue weighted by Crippen LogP contribution is -2.48. The van der Waals surface area contributed by atoms with Gasteiger partial charge in [0.1, 0.15) is 18.4 Å². The molecule has 8 nitrogen and oxygen atoms in total. The Balaban J connectivity index is 1.66. The summed E-state index contributed by atoms with van der Waals surface area (Å²) < 4.78 is 10.7. The molecule has 2 N–H and O–H groups in total. The minimum Gasteiger partial charge on any atom is -0.445 e. The largest absolute Gasteiger partial charge is 0.445 e. The van der Waals surface area contributed by atoms with Crippen molar-refractivity contribution in [3.8, 4) is 5.75 Å². The van der Waals surface area contributed by atoms with Gasteiger partial charge in [-0.3, -0.25) is 4.79 Å². The SMILES string of the molecule is CCCCC(NC(=O)[C@H](CC(C)C)NC(=O)OCc1ccccc1)c1csc(C(=O)Oc2ccccc2)n1. The van der Waals surface area contributed by atoms with E-state index in [-0.39, 0.29) is 23.4 Å². The molecular weight excluding hydrogens is 502 g/mol. The van der Waals surface area contributed by atoms with Crippen LogP contribution >= 0.6 is 11.3 Å². The highest BCUT2D eigenvalue weighted by atomic mass is 32.1. The van der Waals surface area contributed by atoms with Gasteiger partial charge in [-0.1, -0.05) is 82.1 Å². The van der Waals surface area contributed by atoms with Crippen molar-refractivity contribution >= 4 is 29.3 Å². The number of para-hydroxylation sites is 1. The van der Waals surface area contributed by atoms with E-state index in [0.29, 0.717) is 24.3 Å². The molecule has 2 amide bonds. The van der Waals surface area contributed by atoms with Crippen molar-refractivity contribution in [2.45, 2.75) is 65.1 Å². The summed E-state index contributed by atoms with van der Waals surface area (Å²) in [4.78, 5) is 42.9. The third kappa shape index (κ3) is 9.30. The normalized spacial score (nSPS) is 12.4. The number of benzene rings is 2. The van der Waals surface area contributed by atoms with Crippen LogP contribution in [0.25, 0.3) is 0 Å². The topological polar surface area (TPSA) is 107 Å². The second kappa shape index (κ2) is 14.9. The minimum atomic E-state index is -0.774. The lowest BCUT2D eigenvalue weighted by molar-refractivity contribution is -0.124. The molecule has 9 heteroatoms. The third-order valence-corrected chi connectivity index (χ3v) is 6.54. The Labute approximate surface area is 227 Å². The van der Waals surface area contributed by atoms with Gasteiger partial charge in [-0.05, 0) is 36.5 Å². The minimum absolute atomic E-state index is 0.114. The van der Waals surface area contributed by atoms with E-state index >= 15 is 0 Å². The average Bonchev–Trinajstić information content (AvgIpc) is 3.41. The Morgan fingerprint density at radius 1 is 0.974 bits per heavy atom. The number of esters is 1. The molecule has 0 aliphatic carbocycles. The molecule has 202 valence electrons. The van der Waals surface area contributed by atoms with Gasteiger partial charge >= 0.3 is 12.1 Å². The first kappa shape index (κ1) is 28.8. The predicted molar refractivity (Wildman–Crippen MR) is 147 cm³/mol. The number of ether oxygens (including phenoxy) is 2. The summed E-state index contributed by atoms with van der Waals surface area (Å²) in [7, 11) is 0. The molecule has 0 spiro atoms. The quantitative estimate of drug-likeness (QED) is 0.203. The third-order valence-electron chi connectivity index (χ3n) is 5.70. The van der Waals surface area contributed by atoms with Crippen LogP contribution in [-0.2, 0) is 16.1 Å². The smallest absolute Gasteiger partial charge is 0.408 e. The summed E-state index contributed by atoms with van der Waals surface area (Å²) in [5, 5.41) is 7.73. The summed E-state index contributed by atoms with van der Waals surface area (Å²) in [6.07, 6.45) is 2.22. The maximum absolute atomic E-state index is 13.3. The van der Waals surface area contributed by atoms with E-state index in [2.05, 4.69) is 22.5 Å².